The number of aryl methyl sites for hydroxylation is 1. The van der Waals surface area contributed by atoms with Crippen LogP contribution in [-0.4, -0.2) is 31.6 Å². The first kappa shape index (κ1) is 19.7. The summed E-state index contributed by atoms with van der Waals surface area (Å²) in [6, 6.07) is 13.3. The summed E-state index contributed by atoms with van der Waals surface area (Å²) in [5, 5.41) is 2.86. The van der Waals surface area contributed by atoms with Gasteiger partial charge < -0.3 is 19.7 Å². The van der Waals surface area contributed by atoms with Crippen molar-refractivity contribution in [2.75, 3.05) is 18.6 Å². The summed E-state index contributed by atoms with van der Waals surface area (Å²) in [6.07, 6.45) is 0.223. The molecule has 1 heterocycles. The molecule has 3 rings (SSSR count). The van der Waals surface area contributed by atoms with E-state index in [-0.39, 0.29) is 30.8 Å². The number of amides is 2. The van der Waals surface area contributed by atoms with Gasteiger partial charge in [-0.2, -0.15) is 0 Å². The summed E-state index contributed by atoms with van der Waals surface area (Å²) in [5.41, 5.74) is 2.79. The lowest BCUT2D eigenvalue weighted by Crippen LogP contribution is -2.42. The summed E-state index contributed by atoms with van der Waals surface area (Å²) in [4.78, 5) is 26.7. The number of ether oxygens (including phenoxy) is 2. The topological polar surface area (TPSA) is 67.9 Å². The van der Waals surface area contributed by atoms with Gasteiger partial charge in [-0.05, 0) is 49.2 Å². The number of rotatable bonds is 6. The van der Waals surface area contributed by atoms with Crippen LogP contribution in [0.4, 0.5) is 5.69 Å². The molecule has 1 atom stereocenters. The van der Waals surface area contributed by atoms with Crippen LogP contribution in [0, 0.1) is 6.92 Å². The fourth-order valence-corrected chi connectivity index (χ4v) is 3.21. The summed E-state index contributed by atoms with van der Waals surface area (Å²) in [6.45, 7) is 4.80. The number of fused-ring (bicyclic) bond motifs is 1. The van der Waals surface area contributed by atoms with Crippen LogP contribution in [0.3, 0.4) is 0 Å². The van der Waals surface area contributed by atoms with Crippen molar-refractivity contribution >= 4 is 17.5 Å². The maximum absolute atomic E-state index is 12.8. The van der Waals surface area contributed by atoms with Gasteiger partial charge in [0.1, 0.15) is 17.6 Å². The second-order valence-corrected chi connectivity index (χ2v) is 7.03. The van der Waals surface area contributed by atoms with Crippen molar-refractivity contribution in [3.05, 3.63) is 53.6 Å². The standard InChI is InChI=1S/C22H26N2O4/c1-15-7-8-20-19(11-15)24(14-16(2)28-20)22(26)10-9-21(25)23-13-17-5-4-6-18(12-17)27-3/h4-8,11-12,16H,9-10,13-14H2,1-3H3,(H,23,25). The number of methoxy groups -OCH3 is 1. The number of carbonyl (C=O) groups is 2. The van der Waals surface area contributed by atoms with Crippen LogP contribution in [0.25, 0.3) is 0 Å². The van der Waals surface area contributed by atoms with Gasteiger partial charge >= 0.3 is 0 Å². The van der Waals surface area contributed by atoms with Crippen LogP contribution in [0.1, 0.15) is 30.9 Å². The predicted octanol–water partition coefficient (Wildman–Crippen LogP) is 3.21. The van der Waals surface area contributed by atoms with Gasteiger partial charge in [-0.3, -0.25) is 9.59 Å². The van der Waals surface area contributed by atoms with E-state index in [4.69, 9.17) is 9.47 Å². The maximum atomic E-state index is 12.8. The molecule has 0 radical (unpaired) electrons. The molecule has 0 fully saturated rings. The molecule has 0 bridgehead atoms. The van der Waals surface area contributed by atoms with Gasteiger partial charge in [-0.25, -0.2) is 0 Å². The Morgan fingerprint density at radius 1 is 1.21 bits per heavy atom. The minimum absolute atomic E-state index is 0.0708. The van der Waals surface area contributed by atoms with Gasteiger partial charge in [0.2, 0.25) is 11.8 Å². The molecular formula is C22H26N2O4. The monoisotopic (exact) mass is 382 g/mol. The van der Waals surface area contributed by atoms with Crippen LogP contribution in [0.5, 0.6) is 11.5 Å². The van der Waals surface area contributed by atoms with Crippen molar-refractivity contribution in [2.45, 2.75) is 39.3 Å². The maximum Gasteiger partial charge on any atom is 0.227 e. The van der Waals surface area contributed by atoms with Crippen molar-refractivity contribution < 1.29 is 19.1 Å². The summed E-state index contributed by atoms with van der Waals surface area (Å²) in [7, 11) is 1.61. The molecule has 148 valence electrons. The molecule has 0 aliphatic carbocycles. The summed E-state index contributed by atoms with van der Waals surface area (Å²) < 4.78 is 11.0. The summed E-state index contributed by atoms with van der Waals surface area (Å²) in [5.74, 6) is 1.23. The minimum atomic E-state index is -0.151. The number of hydrogen-bond acceptors (Lipinski definition) is 4. The Bertz CT molecular complexity index is 865. The number of benzene rings is 2. The molecule has 0 saturated heterocycles. The van der Waals surface area contributed by atoms with E-state index < -0.39 is 0 Å². The SMILES string of the molecule is COc1cccc(CNC(=O)CCC(=O)N2CC(C)Oc3ccc(C)cc32)c1. The molecule has 2 aromatic rings. The Kier molecular flexibility index (Phi) is 6.19. The van der Waals surface area contributed by atoms with E-state index in [2.05, 4.69) is 5.32 Å². The van der Waals surface area contributed by atoms with Gasteiger partial charge in [0.15, 0.2) is 0 Å². The molecule has 0 aromatic heterocycles. The van der Waals surface area contributed by atoms with E-state index >= 15 is 0 Å². The Labute approximate surface area is 165 Å². The molecular weight excluding hydrogens is 356 g/mol. The molecule has 28 heavy (non-hydrogen) atoms. The highest BCUT2D eigenvalue weighted by molar-refractivity contribution is 5.97. The largest absolute Gasteiger partial charge is 0.497 e. The third-order valence-corrected chi connectivity index (χ3v) is 4.66. The highest BCUT2D eigenvalue weighted by Gasteiger charge is 2.27. The number of anilines is 1. The molecule has 2 aromatic carbocycles. The lowest BCUT2D eigenvalue weighted by atomic mass is 10.1. The molecule has 2 amide bonds. The first-order chi connectivity index (χ1) is 13.5. The second-order valence-electron chi connectivity index (χ2n) is 7.03. The normalized spacial score (nSPS) is 15.4. The lowest BCUT2D eigenvalue weighted by Gasteiger charge is -2.33. The average Bonchev–Trinajstić information content (AvgIpc) is 2.70. The third-order valence-electron chi connectivity index (χ3n) is 4.66. The molecule has 0 spiro atoms. The zero-order valence-corrected chi connectivity index (χ0v) is 16.5. The van der Waals surface area contributed by atoms with Crippen LogP contribution in [-0.2, 0) is 16.1 Å². The van der Waals surface area contributed by atoms with Crippen molar-refractivity contribution in [3.63, 3.8) is 0 Å². The highest BCUT2D eigenvalue weighted by atomic mass is 16.5. The van der Waals surface area contributed by atoms with Crippen molar-refractivity contribution in [2.24, 2.45) is 0 Å². The Morgan fingerprint density at radius 2 is 2.04 bits per heavy atom. The highest BCUT2D eigenvalue weighted by Crippen LogP contribution is 2.34. The van der Waals surface area contributed by atoms with Crippen LogP contribution in [0.2, 0.25) is 0 Å². The molecule has 1 aliphatic heterocycles. The Balaban J connectivity index is 1.55. The second kappa shape index (κ2) is 8.78. The number of hydrogen-bond donors (Lipinski definition) is 1. The van der Waals surface area contributed by atoms with Crippen molar-refractivity contribution in [3.8, 4) is 11.5 Å². The molecule has 6 nitrogen and oxygen atoms in total. The minimum Gasteiger partial charge on any atom is -0.497 e. The molecule has 1 unspecified atom stereocenters. The van der Waals surface area contributed by atoms with Crippen LogP contribution in [0.15, 0.2) is 42.5 Å². The Hall–Kier alpha value is -3.02. The zero-order valence-electron chi connectivity index (χ0n) is 16.5. The van der Waals surface area contributed by atoms with E-state index in [1.165, 1.54) is 0 Å². The van der Waals surface area contributed by atoms with Crippen LogP contribution < -0.4 is 19.7 Å². The quantitative estimate of drug-likeness (QED) is 0.833. The van der Waals surface area contributed by atoms with E-state index in [0.717, 1.165) is 22.6 Å². The lowest BCUT2D eigenvalue weighted by molar-refractivity contribution is -0.125. The smallest absolute Gasteiger partial charge is 0.227 e. The number of carbonyl (C=O) groups excluding carboxylic acids is 2. The van der Waals surface area contributed by atoms with Crippen molar-refractivity contribution in [1.29, 1.82) is 0 Å². The zero-order chi connectivity index (χ0) is 20.1. The Morgan fingerprint density at radius 3 is 2.82 bits per heavy atom. The number of nitrogens with zero attached hydrogens (tertiary/aromatic N) is 1. The summed E-state index contributed by atoms with van der Waals surface area (Å²) >= 11 is 0. The molecule has 6 heteroatoms. The van der Waals surface area contributed by atoms with Gasteiger partial charge in [0.25, 0.3) is 0 Å². The fraction of sp³-hybridized carbons (Fsp3) is 0.364. The first-order valence-corrected chi connectivity index (χ1v) is 9.43. The third kappa shape index (κ3) is 4.82. The van der Waals surface area contributed by atoms with E-state index in [1.54, 1.807) is 12.0 Å². The molecule has 0 saturated carbocycles. The first-order valence-electron chi connectivity index (χ1n) is 9.43. The predicted molar refractivity (Wildman–Crippen MR) is 108 cm³/mol. The van der Waals surface area contributed by atoms with Gasteiger partial charge in [0, 0.05) is 19.4 Å². The van der Waals surface area contributed by atoms with E-state index in [1.807, 2.05) is 56.3 Å². The molecule has 1 aliphatic rings. The molecule has 1 N–H and O–H groups in total. The van der Waals surface area contributed by atoms with Gasteiger partial charge in [0.05, 0.1) is 19.3 Å². The van der Waals surface area contributed by atoms with E-state index in [9.17, 15) is 9.59 Å². The van der Waals surface area contributed by atoms with Gasteiger partial charge in [-0.15, -0.1) is 0 Å². The van der Waals surface area contributed by atoms with E-state index in [0.29, 0.717) is 18.8 Å². The van der Waals surface area contributed by atoms with Crippen molar-refractivity contribution in [1.82, 2.24) is 5.32 Å². The van der Waals surface area contributed by atoms with Gasteiger partial charge in [-0.1, -0.05) is 18.2 Å². The fourth-order valence-electron chi connectivity index (χ4n) is 3.21. The van der Waals surface area contributed by atoms with Crippen LogP contribution >= 0.6 is 0 Å². The number of nitrogens with one attached hydrogen (secondary N) is 1. The average molecular weight is 382 g/mol.